The summed E-state index contributed by atoms with van der Waals surface area (Å²) in [5, 5.41) is 7.11. The zero-order valence-corrected chi connectivity index (χ0v) is 11.8. The van der Waals surface area contributed by atoms with Gasteiger partial charge in [0.15, 0.2) is 6.04 Å². The lowest BCUT2D eigenvalue weighted by atomic mass is 10.1. The minimum absolute atomic E-state index is 0.0196. The fourth-order valence-corrected chi connectivity index (χ4v) is 2.68. The molecule has 7 heteroatoms. The fraction of sp³-hybridized carbons (Fsp3) is 0.727. The summed E-state index contributed by atoms with van der Waals surface area (Å²) in [7, 11) is 0. The van der Waals surface area contributed by atoms with E-state index in [-0.39, 0.29) is 6.42 Å². The largest absolute Gasteiger partial charge is 0.410 e. The Kier molecular flexibility index (Phi) is 3.62. The van der Waals surface area contributed by atoms with Gasteiger partial charge < -0.3 is 5.32 Å². The van der Waals surface area contributed by atoms with Crippen LogP contribution in [0.4, 0.5) is 19.0 Å². The first-order valence-electron chi connectivity index (χ1n) is 5.88. The monoisotopic (exact) mass is 325 g/mol. The topological polar surface area (TPSA) is 29.9 Å². The third kappa shape index (κ3) is 2.50. The number of nitrogens with one attached hydrogen (secondary N) is 1. The quantitative estimate of drug-likeness (QED) is 0.897. The maximum atomic E-state index is 12.9. The van der Waals surface area contributed by atoms with Crippen molar-refractivity contribution < 1.29 is 13.2 Å². The molecule has 1 aromatic heterocycles. The first kappa shape index (κ1) is 13.7. The first-order chi connectivity index (χ1) is 8.30. The standard InChI is InChI=1S/C11H15BrF3N3/c1-6(2)5-7-9(12)10-16-4-3-8(11(13,14)15)18(10)17-7/h6,8,16H,3-5H2,1-2H3. The number of nitrogens with zero attached hydrogens (tertiary/aromatic N) is 2. The molecule has 2 heterocycles. The Morgan fingerprint density at radius 1 is 1.50 bits per heavy atom. The number of aromatic nitrogens is 2. The molecule has 0 saturated heterocycles. The van der Waals surface area contributed by atoms with E-state index in [9.17, 15) is 13.2 Å². The third-order valence-electron chi connectivity index (χ3n) is 2.90. The van der Waals surface area contributed by atoms with Gasteiger partial charge in [0.05, 0.1) is 10.2 Å². The molecular formula is C11H15BrF3N3. The SMILES string of the molecule is CC(C)Cc1nn2c(c1Br)NCCC2C(F)(F)F. The molecule has 3 nitrogen and oxygen atoms in total. The maximum Gasteiger partial charge on any atom is 0.410 e. The molecule has 0 saturated carbocycles. The van der Waals surface area contributed by atoms with Crippen LogP contribution in [0.3, 0.4) is 0 Å². The highest BCUT2D eigenvalue weighted by molar-refractivity contribution is 9.10. The molecule has 2 rings (SSSR count). The van der Waals surface area contributed by atoms with Gasteiger partial charge in [-0.1, -0.05) is 13.8 Å². The van der Waals surface area contributed by atoms with Crippen LogP contribution in [0.5, 0.6) is 0 Å². The lowest BCUT2D eigenvalue weighted by molar-refractivity contribution is -0.171. The minimum Gasteiger partial charge on any atom is -0.369 e. The predicted octanol–water partition coefficient (Wildman–Crippen LogP) is 3.76. The van der Waals surface area contributed by atoms with Crippen molar-refractivity contribution in [2.45, 2.75) is 38.9 Å². The Balaban J connectivity index is 2.40. The van der Waals surface area contributed by atoms with Gasteiger partial charge in [0.25, 0.3) is 0 Å². The minimum atomic E-state index is -4.25. The number of fused-ring (bicyclic) bond motifs is 1. The molecule has 0 aliphatic carbocycles. The Morgan fingerprint density at radius 3 is 2.72 bits per heavy atom. The van der Waals surface area contributed by atoms with Gasteiger partial charge in [-0.3, -0.25) is 0 Å². The molecule has 0 spiro atoms. The lowest BCUT2D eigenvalue weighted by Crippen LogP contribution is -2.34. The van der Waals surface area contributed by atoms with E-state index in [1.165, 1.54) is 0 Å². The fourth-order valence-electron chi connectivity index (χ4n) is 2.11. The van der Waals surface area contributed by atoms with E-state index >= 15 is 0 Å². The summed E-state index contributed by atoms with van der Waals surface area (Å²) in [6.45, 7) is 4.34. The first-order valence-corrected chi connectivity index (χ1v) is 6.67. The zero-order chi connectivity index (χ0) is 13.5. The maximum absolute atomic E-state index is 12.9. The highest BCUT2D eigenvalue weighted by atomic mass is 79.9. The van der Waals surface area contributed by atoms with Gasteiger partial charge in [-0.05, 0) is 34.7 Å². The van der Waals surface area contributed by atoms with E-state index in [1.54, 1.807) is 0 Å². The molecule has 0 radical (unpaired) electrons. The van der Waals surface area contributed by atoms with Crippen molar-refractivity contribution >= 4 is 21.7 Å². The van der Waals surface area contributed by atoms with Gasteiger partial charge in [-0.15, -0.1) is 0 Å². The highest BCUT2D eigenvalue weighted by Gasteiger charge is 2.44. The van der Waals surface area contributed by atoms with E-state index in [0.717, 1.165) is 4.68 Å². The summed E-state index contributed by atoms with van der Waals surface area (Å²) in [6, 6.07) is -1.52. The van der Waals surface area contributed by atoms with Crippen molar-refractivity contribution in [3.05, 3.63) is 10.2 Å². The molecule has 1 aromatic rings. The molecule has 0 amide bonds. The average molecular weight is 326 g/mol. The van der Waals surface area contributed by atoms with Gasteiger partial charge >= 0.3 is 6.18 Å². The van der Waals surface area contributed by atoms with Crippen LogP contribution in [-0.4, -0.2) is 22.5 Å². The van der Waals surface area contributed by atoms with Gasteiger partial charge in [-0.25, -0.2) is 4.68 Å². The van der Waals surface area contributed by atoms with Crippen LogP contribution in [0.25, 0.3) is 0 Å². The molecule has 18 heavy (non-hydrogen) atoms. The number of rotatable bonds is 2. The average Bonchev–Trinajstić information content (AvgIpc) is 2.54. The van der Waals surface area contributed by atoms with E-state index in [0.29, 0.717) is 34.9 Å². The Bertz CT molecular complexity index is 439. The summed E-state index contributed by atoms with van der Waals surface area (Å²) in [6.07, 6.45) is -3.57. The lowest BCUT2D eigenvalue weighted by Gasteiger charge is -2.27. The van der Waals surface area contributed by atoms with Crippen LogP contribution >= 0.6 is 15.9 Å². The number of halogens is 4. The summed E-state index contributed by atoms with van der Waals surface area (Å²) in [5.74, 6) is 0.793. The molecule has 1 aliphatic rings. The van der Waals surface area contributed by atoms with Crippen molar-refractivity contribution in [2.75, 3.05) is 11.9 Å². The van der Waals surface area contributed by atoms with E-state index in [1.807, 2.05) is 13.8 Å². The number of alkyl halides is 3. The zero-order valence-electron chi connectivity index (χ0n) is 10.2. The van der Waals surface area contributed by atoms with Crippen LogP contribution in [0.1, 0.15) is 32.0 Å². The smallest absolute Gasteiger partial charge is 0.369 e. The van der Waals surface area contributed by atoms with Crippen molar-refractivity contribution in [3.8, 4) is 0 Å². The van der Waals surface area contributed by atoms with E-state index in [2.05, 4.69) is 26.3 Å². The normalized spacial score (nSPS) is 19.8. The second kappa shape index (κ2) is 4.75. The van der Waals surface area contributed by atoms with Crippen LogP contribution in [0, 0.1) is 5.92 Å². The number of hydrogen-bond acceptors (Lipinski definition) is 2. The number of anilines is 1. The van der Waals surface area contributed by atoms with Gasteiger partial charge in [0, 0.05) is 6.54 Å². The van der Waals surface area contributed by atoms with E-state index in [4.69, 9.17) is 0 Å². The summed E-state index contributed by atoms with van der Waals surface area (Å²) in [4.78, 5) is 0. The Hall–Kier alpha value is -0.720. The molecule has 102 valence electrons. The summed E-state index contributed by atoms with van der Waals surface area (Å²) in [5.41, 5.74) is 0.684. The van der Waals surface area contributed by atoms with Crippen LogP contribution < -0.4 is 5.32 Å². The third-order valence-corrected chi connectivity index (χ3v) is 3.74. The second-order valence-corrected chi connectivity index (χ2v) is 5.72. The molecule has 1 atom stereocenters. The van der Waals surface area contributed by atoms with Crippen molar-refractivity contribution in [2.24, 2.45) is 5.92 Å². The van der Waals surface area contributed by atoms with Crippen LogP contribution in [0.2, 0.25) is 0 Å². The van der Waals surface area contributed by atoms with Gasteiger partial charge in [-0.2, -0.15) is 18.3 Å². The molecule has 1 unspecified atom stereocenters. The van der Waals surface area contributed by atoms with Crippen LogP contribution in [0.15, 0.2) is 4.47 Å². The molecule has 0 bridgehead atoms. The van der Waals surface area contributed by atoms with E-state index < -0.39 is 12.2 Å². The summed E-state index contributed by atoms with van der Waals surface area (Å²) < 4.78 is 40.5. The van der Waals surface area contributed by atoms with Crippen molar-refractivity contribution in [1.82, 2.24) is 9.78 Å². The molecular weight excluding hydrogens is 311 g/mol. The predicted molar refractivity (Wildman–Crippen MR) is 66.7 cm³/mol. The molecule has 0 aromatic carbocycles. The highest BCUT2D eigenvalue weighted by Crippen LogP contribution is 2.41. The summed E-state index contributed by atoms with van der Waals surface area (Å²) >= 11 is 3.35. The molecule has 1 N–H and O–H groups in total. The van der Waals surface area contributed by atoms with Crippen molar-refractivity contribution in [3.63, 3.8) is 0 Å². The molecule has 0 fully saturated rings. The Morgan fingerprint density at radius 2 is 2.17 bits per heavy atom. The van der Waals surface area contributed by atoms with Gasteiger partial charge in [0.2, 0.25) is 0 Å². The van der Waals surface area contributed by atoms with Crippen molar-refractivity contribution in [1.29, 1.82) is 0 Å². The molecule has 1 aliphatic heterocycles. The van der Waals surface area contributed by atoms with Gasteiger partial charge in [0.1, 0.15) is 5.82 Å². The number of hydrogen-bond donors (Lipinski definition) is 1. The van der Waals surface area contributed by atoms with Crippen LogP contribution in [-0.2, 0) is 6.42 Å². The second-order valence-electron chi connectivity index (χ2n) is 4.92. The Labute approximate surface area is 112 Å².